The first-order valence-electron chi connectivity index (χ1n) is 7.17. The van der Waals surface area contributed by atoms with Crippen LogP contribution in [-0.2, 0) is 4.79 Å². The number of nitrogens with zero attached hydrogens (tertiary/aromatic N) is 3. The van der Waals surface area contributed by atoms with Crippen molar-refractivity contribution >= 4 is 5.91 Å². The van der Waals surface area contributed by atoms with E-state index in [4.69, 9.17) is 5.26 Å². The van der Waals surface area contributed by atoms with Crippen molar-refractivity contribution in [1.82, 2.24) is 5.32 Å². The Labute approximate surface area is 113 Å². The van der Waals surface area contributed by atoms with E-state index in [0.29, 0.717) is 0 Å². The molecule has 0 aromatic rings. The van der Waals surface area contributed by atoms with Crippen LogP contribution >= 0.6 is 0 Å². The van der Waals surface area contributed by atoms with Gasteiger partial charge in [-0.2, -0.15) is 15.5 Å². The molecule has 5 nitrogen and oxygen atoms in total. The predicted molar refractivity (Wildman–Crippen MR) is 69.2 cm³/mol. The van der Waals surface area contributed by atoms with Crippen LogP contribution in [0, 0.1) is 29.1 Å². The van der Waals surface area contributed by atoms with Gasteiger partial charge in [-0.1, -0.05) is 0 Å². The van der Waals surface area contributed by atoms with Crippen molar-refractivity contribution < 1.29 is 4.79 Å². The maximum atomic E-state index is 11.5. The Bertz CT molecular complexity index is 416. The molecular formula is C14H20N4O. The Morgan fingerprint density at radius 3 is 2.21 bits per heavy atom. The molecule has 0 saturated heterocycles. The summed E-state index contributed by atoms with van der Waals surface area (Å²) in [7, 11) is 1.52. The van der Waals surface area contributed by atoms with Crippen molar-refractivity contribution in [3.05, 3.63) is 0 Å². The molecule has 0 aromatic carbocycles. The first-order valence-corrected chi connectivity index (χ1v) is 7.17. The van der Waals surface area contributed by atoms with Crippen LogP contribution in [0.25, 0.3) is 0 Å². The minimum Gasteiger partial charge on any atom is -0.356 e. The van der Waals surface area contributed by atoms with Gasteiger partial charge in [0.1, 0.15) is 6.07 Å². The Morgan fingerprint density at radius 1 is 1.26 bits per heavy atom. The van der Waals surface area contributed by atoms with Crippen molar-refractivity contribution in [2.75, 3.05) is 7.05 Å². The van der Waals surface area contributed by atoms with E-state index >= 15 is 0 Å². The van der Waals surface area contributed by atoms with Gasteiger partial charge in [-0.25, -0.2) is 0 Å². The number of likely N-dealkylation sites (N-methyl/N-ethyl adjacent to an activating group) is 1. The highest BCUT2D eigenvalue weighted by Crippen LogP contribution is 2.57. The van der Waals surface area contributed by atoms with E-state index in [2.05, 4.69) is 15.5 Å². The second kappa shape index (κ2) is 4.59. The Balaban J connectivity index is 1.75. The number of hydrogen-bond acceptors (Lipinski definition) is 4. The third-order valence-corrected chi connectivity index (χ3v) is 5.01. The van der Waals surface area contributed by atoms with Crippen LogP contribution < -0.4 is 5.32 Å². The van der Waals surface area contributed by atoms with Crippen LogP contribution in [0.5, 0.6) is 0 Å². The molecule has 4 aliphatic carbocycles. The molecular weight excluding hydrogens is 240 g/mol. The molecule has 4 aliphatic rings. The average molecular weight is 260 g/mol. The van der Waals surface area contributed by atoms with Gasteiger partial charge in [0.15, 0.2) is 0 Å². The average Bonchev–Trinajstić information content (AvgIpc) is 2.37. The minimum absolute atomic E-state index is 0.0577. The van der Waals surface area contributed by atoms with E-state index in [1.165, 1.54) is 26.3 Å². The lowest BCUT2D eigenvalue weighted by molar-refractivity contribution is -0.120. The molecule has 1 N–H and O–H groups in total. The molecule has 4 saturated carbocycles. The number of nitriles is 1. The zero-order valence-corrected chi connectivity index (χ0v) is 11.3. The van der Waals surface area contributed by atoms with Gasteiger partial charge >= 0.3 is 0 Å². The molecule has 4 rings (SSSR count). The number of carbonyl (C=O) groups excluding carboxylic acids is 1. The number of amides is 1. The Morgan fingerprint density at radius 2 is 1.79 bits per heavy atom. The molecule has 102 valence electrons. The van der Waals surface area contributed by atoms with Crippen molar-refractivity contribution in [3.8, 4) is 6.07 Å². The van der Waals surface area contributed by atoms with E-state index in [0.717, 1.165) is 37.0 Å². The monoisotopic (exact) mass is 260 g/mol. The summed E-state index contributed by atoms with van der Waals surface area (Å²) in [6, 6.07) is 0.925. The summed E-state index contributed by atoms with van der Waals surface area (Å²) in [6.45, 7) is 0. The van der Waals surface area contributed by atoms with Gasteiger partial charge in [0.05, 0.1) is 5.54 Å². The smallest absolute Gasteiger partial charge is 0.261 e. The van der Waals surface area contributed by atoms with Gasteiger partial charge < -0.3 is 5.32 Å². The molecule has 4 fully saturated rings. The van der Waals surface area contributed by atoms with Gasteiger partial charge in [-0.05, 0) is 56.3 Å². The SMILES string of the molecule is CNC(=O)C(C#N)N=NC12CC3CC(CC(C3)C1)C2. The third-order valence-electron chi connectivity index (χ3n) is 5.01. The lowest BCUT2D eigenvalue weighted by Crippen LogP contribution is -2.49. The van der Waals surface area contributed by atoms with Crippen molar-refractivity contribution in [2.24, 2.45) is 28.0 Å². The minimum atomic E-state index is -0.988. The zero-order chi connectivity index (χ0) is 13.5. The maximum Gasteiger partial charge on any atom is 0.261 e. The topological polar surface area (TPSA) is 77.6 Å². The van der Waals surface area contributed by atoms with Crippen molar-refractivity contribution in [1.29, 1.82) is 5.26 Å². The first kappa shape index (κ1) is 12.6. The van der Waals surface area contributed by atoms with Gasteiger partial charge in [-0.15, -0.1) is 0 Å². The van der Waals surface area contributed by atoms with E-state index in [-0.39, 0.29) is 11.4 Å². The lowest BCUT2D eigenvalue weighted by Gasteiger charge is -2.54. The second-order valence-electron chi connectivity index (χ2n) is 6.50. The fraction of sp³-hybridized carbons (Fsp3) is 0.857. The summed E-state index contributed by atoms with van der Waals surface area (Å²) in [5.74, 6) is 2.03. The predicted octanol–water partition coefficient (Wildman–Crippen LogP) is 2.05. The summed E-state index contributed by atoms with van der Waals surface area (Å²) < 4.78 is 0. The van der Waals surface area contributed by atoms with Crippen molar-refractivity contribution in [2.45, 2.75) is 50.1 Å². The highest BCUT2D eigenvalue weighted by molar-refractivity contribution is 5.84. The number of carbonyl (C=O) groups is 1. The molecule has 0 radical (unpaired) electrons. The van der Waals surface area contributed by atoms with Gasteiger partial charge in [0.2, 0.25) is 6.04 Å². The quantitative estimate of drug-likeness (QED) is 0.788. The van der Waals surface area contributed by atoms with Crippen LogP contribution in [0.1, 0.15) is 38.5 Å². The summed E-state index contributed by atoms with van der Waals surface area (Å²) in [5, 5.41) is 20.0. The Hall–Kier alpha value is -1.44. The molecule has 1 amide bonds. The molecule has 0 aliphatic heterocycles. The number of rotatable bonds is 3. The normalized spacial score (nSPS) is 41.2. The van der Waals surface area contributed by atoms with E-state index < -0.39 is 6.04 Å². The van der Waals surface area contributed by atoms with Crippen LogP contribution in [0.15, 0.2) is 10.2 Å². The van der Waals surface area contributed by atoms with Crippen molar-refractivity contribution in [3.63, 3.8) is 0 Å². The van der Waals surface area contributed by atoms with Gasteiger partial charge in [0.25, 0.3) is 5.91 Å². The van der Waals surface area contributed by atoms with Crippen LogP contribution in [0.2, 0.25) is 0 Å². The molecule has 5 heteroatoms. The number of nitrogens with one attached hydrogen (secondary N) is 1. The summed E-state index contributed by atoms with van der Waals surface area (Å²) in [4.78, 5) is 11.5. The third kappa shape index (κ3) is 2.24. The Kier molecular flexibility index (Phi) is 3.04. The molecule has 1 unspecified atom stereocenters. The molecule has 1 atom stereocenters. The fourth-order valence-corrected chi connectivity index (χ4v) is 4.64. The first-order chi connectivity index (χ1) is 9.14. The second-order valence-corrected chi connectivity index (χ2v) is 6.50. The standard InChI is InChI=1S/C14H20N4O/c1-16-13(19)12(8-15)17-18-14-5-9-2-10(6-14)4-11(3-9)7-14/h9-12H,2-7H2,1H3,(H,16,19). The van der Waals surface area contributed by atoms with Crippen LogP contribution in [-0.4, -0.2) is 24.5 Å². The van der Waals surface area contributed by atoms with E-state index in [1.807, 2.05) is 6.07 Å². The molecule has 19 heavy (non-hydrogen) atoms. The van der Waals surface area contributed by atoms with Crippen LogP contribution in [0.4, 0.5) is 0 Å². The summed E-state index contributed by atoms with van der Waals surface area (Å²) >= 11 is 0. The van der Waals surface area contributed by atoms with E-state index in [9.17, 15) is 4.79 Å². The van der Waals surface area contributed by atoms with Gasteiger partial charge in [0, 0.05) is 7.05 Å². The molecule has 0 heterocycles. The number of azo groups is 1. The molecule has 4 bridgehead atoms. The lowest BCUT2D eigenvalue weighted by atomic mass is 9.53. The zero-order valence-electron chi connectivity index (χ0n) is 11.3. The highest BCUT2D eigenvalue weighted by Gasteiger charge is 2.51. The maximum absolute atomic E-state index is 11.5. The summed E-state index contributed by atoms with van der Waals surface area (Å²) in [6.07, 6.45) is 7.38. The van der Waals surface area contributed by atoms with E-state index in [1.54, 1.807) is 0 Å². The molecule has 0 spiro atoms. The largest absolute Gasteiger partial charge is 0.356 e. The van der Waals surface area contributed by atoms with Gasteiger partial charge in [-0.3, -0.25) is 4.79 Å². The molecule has 0 aromatic heterocycles. The summed E-state index contributed by atoms with van der Waals surface area (Å²) in [5.41, 5.74) is -0.0577. The fourth-order valence-electron chi connectivity index (χ4n) is 4.64. The number of hydrogen-bond donors (Lipinski definition) is 1. The van der Waals surface area contributed by atoms with Crippen LogP contribution in [0.3, 0.4) is 0 Å². The highest BCUT2D eigenvalue weighted by atomic mass is 16.2.